The minimum absolute atomic E-state index is 0.0281. The van der Waals surface area contributed by atoms with Crippen molar-refractivity contribution in [3.63, 3.8) is 0 Å². The maximum atomic E-state index is 12.9. The Morgan fingerprint density at radius 2 is 1.91 bits per heavy atom. The van der Waals surface area contributed by atoms with Gasteiger partial charge in [0.15, 0.2) is 22.8 Å². The van der Waals surface area contributed by atoms with Crippen molar-refractivity contribution in [2.24, 2.45) is 0 Å². The van der Waals surface area contributed by atoms with Crippen molar-refractivity contribution in [3.05, 3.63) is 60.8 Å². The topological polar surface area (TPSA) is 65.8 Å². The highest BCUT2D eigenvalue weighted by molar-refractivity contribution is 7.99. The Hall–Kier alpha value is -2.97. The molecule has 3 aromatic rings. The van der Waals surface area contributed by atoms with Gasteiger partial charge >= 0.3 is 0 Å². The van der Waals surface area contributed by atoms with Gasteiger partial charge in [-0.05, 0) is 30.5 Å². The van der Waals surface area contributed by atoms with Crippen LogP contribution in [-0.2, 0) is 16.1 Å². The maximum Gasteiger partial charge on any atom is 0.232 e. The van der Waals surface area contributed by atoms with Gasteiger partial charge in [0.2, 0.25) is 5.91 Å². The standard InChI is InChI=1S/C26H29N3O4S/c1-28(15-21-17-32-23-11-5-6-12-24(23)33-21)25(30)18-34-26-27-14-22(19-8-3-2-4-9-19)29(26)16-20-10-7-13-31-20/h2-6,8-9,11-12,14,20-21H,7,10,13,15-18H2,1H3/t20-,21+/m0/s1. The average molecular weight is 480 g/mol. The molecule has 5 rings (SSSR count). The molecule has 0 bridgehead atoms. The van der Waals surface area contributed by atoms with Crippen LogP contribution in [0.1, 0.15) is 12.8 Å². The number of imidazole rings is 1. The maximum absolute atomic E-state index is 12.9. The van der Waals surface area contributed by atoms with E-state index in [9.17, 15) is 4.79 Å². The van der Waals surface area contributed by atoms with E-state index in [2.05, 4.69) is 21.7 Å². The Kier molecular flexibility index (Phi) is 7.06. The quantitative estimate of drug-likeness (QED) is 0.453. The van der Waals surface area contributed by atoms with Crippen molar-refractivity contribution in [1.82, 2.24) is 14.5 Å². The van der Waals surface area contributed by atoms with Crippen molar-refractivity contribution < 1.29 is 19.0 Å². The van der Waals surface area contributed by atoms with Crippen LogP contribution in [0.3, 0.4) is 0 Å². The van der Waals surface area contributed by atoms with E-state index in [1.54, 1.807) is 11.9 Å². The number of likely N-dealkylation sites (N-methyl/N-ethyl adjacent to an activating group) is 1. The summed E-state index contributed by atoms with van der Waals surface area (Å²) in [7, 11) is 1.81. The highest BCUT2D eigenvalue weighted by Gasteiger charge is 2.25. The molecule has 8 heteroatoms. The largest absolute Gasteiger partial charge is 0.486 e. The molecule has 7 nitrogen and oxygen atoms in total. The number of nitrogens with zero attached hydrogens (tertiary/aromatic N) is 3. The highest BCUT2D eigenvalue weighted by Crippen LogP contribution is 2.31. The predicted octanol–water partition coefficient (Wildman–Crippen LogP) is 4.12. The number of benzene rings is 2. The first-order chi connectivity index (χ1) is 16.7. The summed E-state index contributed by atoms with van der Waals surface area (Å²) in [6.45, 7) is 2.44. The smallest absolute Gasteiger partial charge is 0.232 e. The number of carbonyl (C=O) groups is 1. The van der Waals surface area contributed by atoms with E-state index in [1.807, 2.05) is 48.7 Å². The molecule has 34 heavy (non-hydrogen) atoms. The summed E-state index contributed by atoms with van der Waals surface area (Å²) >= 11 is 1.47. The number of hydrogen-bond donors (Lipinski definition) is 0. The second-order valence-corrected chi connectivity index (χ2v) is 9.54. The number of thioether (sulfide) groups is 1. The van der Waals surface area contributed by atoms with Crippen LogP contribution in [0, 0.1) is 0 Å². The SMILES string of the molecule is CN(C[C@@H]1COc2ccccc2O1)C(=O)CSc1ncc(-c2ccccc2)n1C[C@@H]1CCCO1. The molecule has 0 radical (unpaired) electrons. The van der Waals surface area contributed by atoms with Gasteiger partial charge in [0.25, 0.3) is 0 Å². The Labute approximate surface area is 204 Å². The summed E-state index contributed by atoms with van der Waals surface area (Å²) in [4.78, 5) is 19.3. The molecule has 0 unspecified atom stereocenters. The minimum Gasteiger partial charge on any atom is -0.486 e. The lowest BCUT2D eigenvalue weighted by Crippen LogP contribution is -2.42. The highest BCUT2D eigenvalue weighted by atomic mass is 32.2. The summed E-state index contributed by atoms with van der Waals surface area (Å²) in [5.41, 5.74) is 2.16. The molecule has 178 valence electrons. The van der Waals surface area contributed by atoms with Crippen LogP contribution in [0.2, 0.25) is 0 Å². The number of amides is 1. The number of ether oxygens (including phenoxy) is 3. The van der Waals surface area contributed by atoms with E-state index in [-0.39, 0.29) is 18.1 Å². The van der Waals surface area contributed by atoms with E-state index in [4.69, 9.17) is 14.2 Å². The fourth-order valence-corrected chi connectivity index (χ4v) is 5.21. The second-order valence-electron chi connectivity index (χ2n) is 8.60. The van der Waals surface area contributed by atoms with Gasteiger partial charge in [-0.15, -0.1) is 0 Å². The van der Waals surface area contributed by atoms with Gasteiger partial charge in [0.05, 0.1) is 36.8 Å². The molecule has 2 aromatic carbocycles. The van der Waals surface area contributed by atoms with Crippen LogP contribution >= 0.6 is 11.8 Å². The average Bonchev–Trinajstić information content (AvgIpc) is 3.53. The molecule has 2 atom stereocenters. The molecule has 0 saturated carbocycles. The zero-order valence-electron chi connectivity index (χ0n) is 19.3. The van der Waals surface area contributed by atoms with Crippen LogP contribution in [0.15, 0.2) is 66.0 Å². The molecule has 0 aliphatic carbocycles. The third-order valence-corrected chi connectivity index (χ3v) is 7.07. The van der Waals surface area contributed by atoms with E-state index >= 15 is 0 Å². The van der Waals surface area contributed by atoms with E-state index in [0.717, 1.165) is 53.9 Å². The van der Waals surface area contributed by atoms with Crippen LogP contribution < -0.4 is 9.47 Å². The molecule has 0 N–H and O–H groups in total. The van der Waals surface area contributed by atoms with E-state index in [1.165, 1.54) is 11.8 Å². The monoisotopic (exact) mass is 479 g/mol. The number of aromatic nitrogens is 2. The molecule has 1 aromatic heterocycles. The fourth-order valence-electron chi connectivity index (χ4n) is 4.28. The number of carbonyl (C=O) groups excluding carboxylic acids is 1. The van der Waals surface area contributed by atoms with Gasteiger partial charge in [0, 0.05) is 13.7 Å². The van der Waals surface area contributed by atoms with Gasteiger partial charge < -0.3 is 23.7 Å². The molecule has 0 spiro atoms. The van der Waals surface area contributed by atoms with Crippen LogP contribution in [0.4, 0.5) is 0 Å². The molecule has 1 amide bonds. The van der Waals surface area contributed by atoms with Gasteiger partial charge in [-0.1, -0.05) is 54.2 Å². The van der Waals surface area contributed by atoms with Crippen LogP contribution in [0.5, 0.6) is 11.5 Å². The Bertz CT molecular complexity index is 1110. The minimum atomic E-state index is -0.194. The third kappa shape index (κ3) is 5.23. The summed E-state index contributed by atoms with van der Waals surface area (Å²) in [6, 6.07) is 17.8. The third-order valence-electron chi connectivity index (χ3n) is 6.09. The Morgan fingerprint density at radius 1 is 1.12 bits per heavy atom. The molecular formula is C26H29N3O4S. The summed E-state index contributed by atoms with van der Waals surface area (Å²) in [5, 5.41) is 0.835. The lowest BCUT2D eigenvalue weighted by atomic mass is 10.1. The van der Waals surface area contributed by atoms with Gasteiger partial charge in [-0.3, -0.25) is 4.79 Å². The fraction of sp³-hybridized carbons (Fsp3) is 0.385. The first kappa shape index (κ1) is 22.8. The lowest BCUT2D eigenvalue weighted by Gasteiger charge is -2.29. The Balaban J connectivity index is 1.22. The first-order valence-electron chi connectivity index (χ1n) is 11.6. The van der Waals surface area contributed by atoms with E-state index < -0.39 is 0 Å². The van der Waals surface area contributed by atoms with Crippen molar-refractivity contribution in [1.29, 1.82) is 0 Å². The molecule has 1 fully saturated rings. The number of para-hydroxylation sites is 2. The summed E-state index contributed by atoms with van der Waals surface area (Å²) in [6.07, 6.45) is 4.01. The molecule has 2 aliphatic rings. The molecular weight excluding hydrogens is 450 g/mol. The first-order valence-corrected chi connectivity index (χ1v) is 12.6. The molecule has 2 aliphatic heterocycles. The summed E-state index contributed by atoms with van der Waals surface area (Å²) < 4.78 is 19.9. The van der Waals surface area contributed by atoms with Gasteiger partial charge in [0.1, 0.15) is 6.61 Å². The van der Waals surface area contributed by atoms with Crippen molar-refractivity contribution in [2.75, 3.05) is 32.6 Å². The zero-order valence-corrected chi connectivity index (χ0v) is 20.1. The summed E-state index contributed by atoms with van der Waals surface area (Å²) in [5.74, 6) is 1.80. The number of rotatable bonds is 8. The van der Waals surface area contributed by atoms with E-state index in [0.29, 0.717) is 18.9 Å². The Morgan fingerprint density at radius 3 is 2.71 bits per heavy atom. The number of hydrogen-bond acceptors (Lipinski definition) is 6. The van der Waals surface area contributed by atoms with Crippen molar-refractivity contribution in [2.45, 2.75) is 36.8 Å². The second kappa shape index (κ2) is 10.5. The predicted molar refractivity (Wildman–Crippen MR) is 131 cm³/mol. The van der Waals surface area contributed by atoms with Gasteiger partial charge in [-0.2, -0.15) is 0 Å². The normalized spacial score (nSPS) is 19.2. The van der Waals surface area contributed by atoms with Crippen molar-refractivity contribution in [3.8, 4) is 22.8 Å². The molecule has 1 saturated heterocycles. The lowest BCUT2D eigenvalue weighted by molar-refractivity contribution is -0.128. The molecule has 3 heterocycles. The van der Waals surface area contributed by atoms with Gasteiger partial charge in [-0.25, -0.2) is 4.98 Å². The zero-order chi connectivity index (χ0) is 23.3. The number of fused-ring (bicyclic) bond motifs is 1. The van der Waals surface area contributed by atoms with Crippen LogP contribution in [0.25, 0.3) is 11.3 Å². The van der Waals surface area contributed by atoms with Crippen LogP contribution in [-0.4, -0.2) is 65.1 Å². The van der Waals surface area contributed by atoms with Crippen molar-refractivity contribution >= 4 is 17.7 Å².